The highest BCUT2D eigenvalue weighted by atomic mass is 16.3. The van der Waals surface area contributed by atoms with E-state index in [2.05, 4.69) is 10.3 Å². The molecule has 0 aromatic rings. The van der Waals surface area contributed by atoms with Crippen molar-refractivity contribution in [1.82, 2.24) is 5.32 Å². The Balaban J connectivity index is 4.09. The second-order valence-corrected chi connectivity index (χ2v) is 2.45. The Labute approximate surface area is 78.4 Å². The van der Waals surface area contributed by atoms with Gasteiger partial charge in [0, 0.05) is 12.8 Å². The van der Waals surface area contributed by atoms with Gasteiger partial charge in [-0.3, -0.25) is 9.79 Å². The lowest BCUT2D eigenvalue weighted by Crippen LogP contribution is -2.26. The monoisotopic (exact) mass is 184 g/mol. The van der Waals surface area contributed by atoms with E-state index in [0.717, 1.165) is 6.42 Å². The molecule has 0 saturated heterocycles. The molecule has 0 unspecified atom stereocenters. The number of amides is 1. The zero-order chi connectivity index (χ0) is 10.1. The van der Waals surface area contributed by atoms with E-state index >= 15 is 0 Å². The Morgan fingerprint density at radius 3 is 2.77 bits per heavy atom. The van der Waals surface area contributed by atoms with Gasteiger partial charge in [-0.1, -0.05) is 13.0 Å². The third-order valence-electron chi connectivity index (χ3n) is 1.42. The van der Waals surface area contributed by atoms with Gasteiger partial charge in [-0.05, 0) is 13.3 Å². The van der Waals surface area contributed by atoms with E-state index in [-0.39, 0.29) is 12.6 Å². The lowest BCUT2D eigenvalue weighted by Gasteiger charge is -2.02. The first-order valence-electron chi connectivity index (χ1n) is 4.31. The van der Waals surface area contributed by atoms with Crippen LogP contribution < -0.4 is 5.32 Å². The third-order valence-corrected chi connectivity index (χ3v) is 1.42. The Kier molecular flexibility index (Phi) is 6.82. The minimum Gasteiger partial charge on any atom is -0.375 e. The largest absolute Gasteiger partial charge is 0.375 e. The molecule has 0 aliphatic rings. The Hall–Kier alpha value is -1.16. The molecule has 0 fully saturated rings. The van der Waals surface area contributed by atoms with Gasteiger partial charge in [0.15, 0.2) is 0 Å². The average Bonchev–Trinajstić information content (AvgIpc) is 2.16. The molecule has 0 spiro atoms. The predicted octanol–water partition coefficient (Wildman–Crippen LogP) is 0.479. The van der Waals surface area contributed by atoms with Gasteiger partial charge in [-0.2, -0.15) is 0 Å². The molecule has 1 amide bonds. The molecular weight excluding hydrogens is 168 g/mol. The van der Waals surface area contributed by atoms with Crippen molar-refractivity contribution in [1.29, 1.82) is 0 Å². The van der Waals surface area contributed by atoms with Crippen LogP contribution >= 0.6 is 0 Å². The summed E-state index contributed by atoms with van der Waals surface area (Å²) in [7, 11) is 0. The van der Waals surface area contributed by atoms with E-state index < -0.39 is 0 Å². The maximum Gasteiger partial charge on any atom is 0.252 e. The number of aliphatic hydroxyl groups excluding tert-OH is 1. The summed E-state index contributed by atoms with van der Waals surface area (Å²) < 4.78 is 0. The van der Waals surface area contributed by atoms with Crippen LogP contribution in [0.15, 0.2) is 16.6 Å². The van der Waals surface area contributed by atoms with E-state index in [1.807, 2.05) is 6.92 Å². The van der Waals surface area contributed by atoms with Crippen molar-refractivity contribution in [2.75, 3.05) is 13.3 Å². The summed E-state index contributed by atoms with van der Waals surface area (Å²) in [6.45, 7) is 4.10. The topological polar surface area (TPSA) is 61.7 Å². The Bertz CT molecular complexity index is 210. The van der Waals surface area contributed by atoms with Crippen molar-refractivity contribution in [2.24, 2.45) is 4.99 Å². The zero-order valence-electron chi connectivity index (χ0n) is 8.08. The number of allylic oxidation sites excluding steroid dienone is 1. The van der Waals surface area contributed by atoms with Crippen LogP contribution in [0.5, 0.6) is 0 Å². The van der Waals surface area contributed by atoms with E-state index in [1.165, 1.54) is 6.21 Å². The summed E-state index contributed by atoms with van der Waals surface area (Å²) in [4.78, 5) is 14.9. The van der Waals surface area contributed by atoms with Gasteiger partial charge < -0.3 is 10.4 Å². The van der Waals surface area contributed by atoms with Crippen LogP contribution in [0, 0.1) is 0 Å². The molecule has 0 aliphatic heterocycles. The highest BCUT2D eigenvalue weighted by molar-refractivity contribution is 6.12. The second-order valence-electron chi connectivity index (χ2n) is 2.45. The van der Waals surface area contributed by atoms with Crippen LogP contribution in [0.1, 0.15) is 20.3 Å². The van der Waals surface area contributed by atoms with Gasteiger partial charge in [0.05, 0.1) is 5.57 Å². The standard InChI is InChI=1S/C9H16N2O2/c1-3-5-11-9(13)8(4-2)6-10-7-12/h4,6,12H,3,5,7H2,1-2H3,(H,11,13)/b8-4+,10-6-. The molecule has 74 valence electrons. The predicted molar refractivity (Wildman–Crippen MR) is 52.6 cm³/mol. The minimum atomic E-state index is -0.293. The number of carbonyl (C=O) groups excluding carboxylic acids is 1. The van der Waals surface area contributed by atoms with Crippen LogP contribution in [0.2, 0.25) is 0 Å². The number of nitrogens with zero attached hydrogens (tertiary/aromatic N) is 1. The van der Waals surface area contributed by atoms with Gasteiger partial charge in [0.2, 0.25) is 0 Å². The molecule has 0 aromatic heterocycles. The molecule has 0 rings (SSSR count). The van der Waals surface area contributed by atoms with E-state index in [9.17, 15) is 4.79 Å². The fraction of sp³-hybridized carbons (Fsp3) is 0.556. The van der Waals surface area contributed by atoms with Crippen molar-refractivity contribution < 1.29 is 9.90 Å². The maximum atomic E-state index is 11.3. The van der Waals surface area contributed by atoms with Crippen LogP contribution in [0.4, 0.5) is 0 Å². The van der Waals surface area contributed by atoms with Gasteiger partial charge >= 0.3 is 0 Å². The van der Waals surface area contributed by atoms with Gasteiger partial charge in [-0.15, -0.1) is 0 Å². The molecule has 0 bridgehead atoms. The Morgan fingerprint density at radius 2 is 2.31 bits per heavy atom. The molecule has 2 N–H and O–H groups in total. The highest BCUT2D eigenvalue weighted by Crippen LogP contribution is 1.90. The van der Waals surface area contributed by atoms with Crippen LogP contribution in [0.25, 0.3) is 0 Å². The van der Waals surface area contributed by atoms with E-state index in [1.54, 1.807) is 13.0 Å². The van der Waals surface area contributed by atoms with Gasteiger partial charge in [-0.25, -0.2) is 0 Å². The molecule has 0 radical (unpaired) electrons. The van der Waals surface area contributed by atoms with Crippen LogP contribution in [-0.4, -0.2) is 30.5 Å². The second kappa shape index (κ2) is 7.49. The summed E-state index contributed by atoms with van der Waals surface area (Å²) in [5, 5.41) is 11.1. The summed E-state index contributed by atoms with van der Waals surface area (Å²) in [6.07, 6.45) is 3.93. The van der Waals surface area contributed by atoms with Gasteiger partial charge in [0.25, 0.3) is 5.91 Å². The molecule has 4 nitrogen and oxygen atoms in total. The van der Waals surface area contributed by atoms with E-state index in [4.69, 9.17) is 5.11 Å². The Morgan fingerprint density at radius 1 is 1.62 bits per heavy atom. The normalized spacial score (nSPS) is 12.1. The molecule has 13 heavy (non-hydrogen) atoms. The number of aliphatic imine (C=N–C) groups is 1. The smallest absolute Gasteiger partial charge is 0.252 e. The molecule has 0 heterocycles. The minimum absolute atomic E-state index is 0.151. The fourth-order valence-corrected chi connectivity index (χ4v) is 0.744. The number of nitrogens with one attached hydrogen (secondary N) is 1. The van der Waals surface area contributed by atoms with Gasteiger partial charge in [0.1, 0.15) is 6.73 Å². The molecule has 0 saturated carbocycles. The van der Waals surface area contributed by atoms with Crippen molar-refractivity contribution in [3.8, 4) is 0 Å². The van der Waals surface area contributed by atoms with E-state index in [0.29, 0.717) is 12.1 Å². The number of hydrogen-bond acceptors (Lipinski definition) is 3. The van der Waals surface area contributed by atoms with Crippen molar-refractivity contribution in [3.63, 3.8) is 0 Å². The molecular formula is C9H16N2O2. The first-order chi connectivity index (χ1) is 6.26. The van der Waals surface area contributed by atoms with Crippen LogP contribution in [-0.2, 0) is 4.79 Å². The van der Waals surface area contributed by atoms with Crippen molar-refractivity contribution in [2.45, 2.75) is 20.3 Å². The first-order valence-corrected chi connectivity index (χ1v) is 4.31. The summed E-state index contributed by atoms with van der Waals surface area (Å²) in [6, 6.07) is 0. The SMILES string of the molecule is C/C=C(\C=N/CO)C(=O)NCCC. The number of aliphatic hydroxyl groups is 1. The quantitative estimate of drug-likeness (QED) is 0.482. The molecule has 0 aliphatic carbocycles. The lowest BCUT2D eigenvalue weighted by atomic mass is 10.2. The zero-order valence-corrected chi connectivity index (χ0v) is 8.08. The summed E-state index contributed by atoms with van der Waals surface area (Å²) in [5.41, 5.74) is 0.475. The third kappa shape index (κ3) is 5.14. The first kappa shape index (κ1) is 11.8. The number of rotatable bonds is 5. The fourth-order valence-electron chi connectivity index (χ4n) is 0.744. The molecule has 0 atom stereocenters. The van der Waals surface area contributed by atoms with Crippen molar-refractivity contribution in [3.05, 3.63) is 11.6 Å². The average molecular weight is 184 g/mol. The lowest BCUT2D eigenvalue weighted by molar-refractivity contribution is -0.116. The number of hydrogen-bond donors (Lipinski definition) is 2. The summed E-state index contributed by atoms with van der Waals surface area (Å²) >= 11 is 0. The highest BCUT2D eigenvalue weighted by Gasteiger charge is 2.03. The molecule has 4 heteroatoms. The summed E-state index contributed by atoms with van der Waals surface area (Å²) in [5.74, 6) is -0.151. The van der Waals surface area contributed by atoms with Crippen molar-refractivity contribution >= 4 is 12.1 Å². The maximum absolute atomic E-state index is 11.3. The van der Waals surface area contributed by atoms with Crippen LogP contribution in [0.3, 0.4) is 0 Å². The number of carbonyl (C=O) groups is 1. The molecule has 0 aromatic carbocycles.